The molecule has 0 heterocycles. The van der Waals surface area contributed by atoms with Gasteiger partial charge in [-0.1, -0.05) is 0 Å². The van der Waals surface area contributed by atoms with Gasteiger partial charge < -0.3 is 14.2 Å². The second-order valence-electron chi connectivity index (χ2n) is 5.71. The number of anilines is 1. The van der Waals surface area contributed by atoms with Crippen molar-refractivity contribution in [1.29, 1.82) is 0 Å². The van der Waals surface area contributed by atoms with Crippen LogP contribution in [0.2, 0.25) is 0 Å². The van der Waals surface area contributed by atoms with Crippen LogP contribution in [0.15, 0.2) is 46.2 Å². The number of carbonyl (C=O) groups excluding carboxylic acids is 2. The number of nitrogens with one attached hydrogen (secondary N) is 1. The summed E-state index contributed by atoms with van der Waals surface area (Å²) < 4.78 is 65.6. The van der Waals surface area contributed by atoms with Gasteiger partial charge in [-0.3, -0.25) is 4.72 Å². The predicted molar refractivity (Wildman–Crippen MR) is 104 cm³/mol. The minimum Gasteiger partial charge on any atom is -0.495 e. The minimum atomic E-state index is -4.48. The molecular weight excluding hydrogens is 440 g/mol. The van der Waals surface area contributed by atoms with Crippen molar-refractivity contribution in [2.24, 2.45) is 5.14 Å². The molecule has 11 nitrogen and oxygen atoms in total. The summed E-state index contributed by atoms with van der Waals surface area (Å²) in [6.45, 7) is 0. The van der Waals surface area contributed by atoms with E-state index < -0.39 is 41.8 Å². The zero-order valence-corrected chi connectivity index (χ0v) is 17.7. The molecule has 0 aliphatic rings. The first-order valence-electron chi connectivity index (χ1n) is 7.99. The number of esters is 2. The van der Waals surface area contributed by atoms with Gasteiger partial charge in [0.1, 0.15) is 15.5 Å². The average Bonchev–Trinajstić information content (AvgIpc) is 2.71. The number of ether oxygens (including phenoxy) is 3. The van der Waals surface area contributed by atoms with Crippen LogP contribution in [0.4, 0.5) is 5.69 Å². The Morgan fingerprint density at radius 3 is 2.03 bits per heavy atom. The molecule has 2 rings (SSSR count). The lowest BCUT2D eigenvalue weighted by atomic mass is 10.1. The van der Waals surface area contributed by atoms with Crippen molar-refractivity contribution >= 4 is 37.7 Å². The van der Waals surface area contributed by atoms with Crippen LogP contribution in [0, 0.1) is 0 Å². The van der Waals surface area contributed by atoms with Crippen LogP contribution < -0.4 is 14.6 Å². The Labute approximate surface area is 172 Å². The maximum Gasteiger partial charge on any atom is 0.339 e. The maximum absolute atomic E-state index is 12.9. The van der Waals surface area contributed by atoms with Crippen molar-refractivity contribution in [2.45, 2.75) is 9.79 Å². The molecule has 0 spiro atoms. The van der Waals surface area contributed by atoms with E-state index >= 15 is 0 Å². The number of sulfonamides is 2. The van der Waals surface area contributed by atoms with Crippen molar-refractivity contribution in [3.8, 4) is 5.75 Å². The molecule has 162 valence electrons. The first-order chi connectivity index (χ1) is 13.9. The number of methoxy groups -OCH3 is 3. The van der Waals surface area contributed by atoms with Crippen molar-refractivity contribution in [3.05, 3.63) is 47.5 Å². The third-order valence-corrected chi connectivity index (χ3v) is 6.17. The van der Waals surface area contributed by atoms with E-state index in [9.17, 15) is 26.4 Å². The van der Waals surface area contributed by atoms with E-state index in [1.54, 1.807) is 0 Å². The summed E-state index contributed by atoms with van der Waals surface area (Å²) in [5.74, 6) is -1.89. The Hall–Kier alpha value is -3.16. The molecule has 0 saturated heterocycles. The molecule has 0 bridgehead atoms. The Balaban J connectivity index is 2.61. The fourth-order valence-electron chi connectivity index (χ4n) is 2.44. The van der Waals surface area contributed by atoms with Crippen molar-refractivity contribution in [2.75, 3.05) is 26.1 Å². The molecule has 0 saturated carbocycles. The Morgan fingerprint density at radius 1 is 0.867 bits per heavy atom. The molecule has 0 aliphatic heterocycles. The van der Waals surface area contributed by atoms with Gasteiger partial charge in [0.25, 0.3) is 10.0 Å². The summed E-state index contributed by atoms with van der Waals surface area (Å²) >= 11 is 0. The second kappa shape index (κ2) is 8.69. The van der Waals surface area contributed by atoms with Gasteiger partial charge in [-0.05, 0) is 36.4 Å². The minimum absolute atomic E-state index is 0.0941. The van der Waals surface area contributed by atoms with Gasteiger partial charge in [-0.15, -0.1) is 0 Å². The molecule has 0 atom stereocenters. The van der Waals surface area contributed by atoms with Crippen LogP contribution in [-0.4, -0.2) is 50.1 Å². The first kappa shape index (κ1) is 23.1. The fourth-order valence-corrected chi connectivity index (χ4v) is 4.43. The Kier molecular flexibility index (Phi) is 6.70. The average molecular weight is 458 g/mol. The molecular formula is C17H18N2O9S2. The third kappa shape index (κ3) is 4.87. The molecule has 0 amide bonds. The van der Waals surface area contributed by atoms with E-state index in [-0.39, 0.29) is 22.6 Å². The van der Waals surface area contributed by atoms with Gasteiger partial charge in [0.2, 0.25) is 10.0 Å². The summed E-state index contributed by atoms with van der Waals surface area (Å²) in [4.78, 5) is 22.8. The number of carbonyl (C=O) groups is 2. The smallest absolute Gasteiger partial charge is 0.339 e. The molecule has 13 heteroatoms. The monoisotopic (exact) mass is 458 g/mol. The molecule has 2 aromatic rings. The molecule has 0 fully saturated rings. The summed E-state index contributed by atoms with van der Waals surface area (Å²) in [6.07, 6.45) is 0. The van der Waals surface area contributed by atoms with E-state index in [0.29, 0.717) is 0 Å². The van der Waals surface area contributed by atoms with Crippen molar-refractivity contribution in [1.82, 2.24) is 0 Å². The van der Waals surface area contributed by atoms with Crippen LogP contribution in [0.25, 0.3) is 0 Å². The summed E-state index contributed by atoms with van der Waals surface area (Å²) in [5.41, 5.74) is -0.664. The first-order valence-corrected chi connectivity index (χ1v) is 11.0. The molecule has 2 aromatic carbocycles. The zero-order chi connectivity index (χ0) is 22.7. The third-order valence-electron chi connectivity index (χ3n) is 3.82. The van der Waals surface area contributed by atoms with E-state index in [0.717, 1.165) is 32.4 Å². The predicted octanol–water partition coefficient (Wildman–Crippen LogP) is 0.717. The standard InChI is InChI=1S/C17H18N2O9S2/c1-26-13-7-5-11(9-15(13)29(18,22)23)19-30(24,25)14-8-10(16(20)27-2)4-6-12(14)17(21)28-3/h4-9,19H,1-3H3,(H2,18,22,23). The highest BCUT2D eigenvalue weighted by molar-refractivity contribution is 7.92. The highest BCUT2D eigenvalue weighted by Crippen LogP contribution is 2.28. The molecule has 0 unspecified atom stereocenters. The maximum atomic E-state index is 12.9. The summed E-state index contributed by atoms with van der Waals surface area (Å²) in [5, 5.41) is 5.13. The largest absolute Gasteiger partial charge is 0.495 e. The van der Waals surface area contributed by atoms with E-state index in [1.165, 1.54) is 25.3 Å². The van der Waals surface area contributed by atoms with E-state index in [1.807, 2.05) is 0 Å². The van der Waals surface area contributed by atoms with Crippen LogP contribution in [0.3, 0.4) is 0 Å². The van der Waals surface area contributed by atoms with Crippen molar-refractivity contribution < 1.29 is 40.6 Å². The van der Waals surface area contributed by atoms with E-state index in [2.05, 4.69) is 14.2 Å². The molecule has 30 heavy (non-hydrogen) atoms. The van der Waals surface area contributed by atoms with Gasteiger partial charge in [0.05, 0.1) is 38.1 Å². The lowest BCUT2D eigenvalue weighted by molar-refractivity contribution is 0.0583. The number of benzene rings is 2. The molecule has 3 N–H and O–H groups in total. The van der Waals surface area contributed by atoms with Gasteiger partial charge in [-0.25, -0.2) is 31.6 Å². The number of rotatable bonds is 7. The lowest BCUT2D eigenvalue weighted by Gasteiger charge is -2.14. The second-order valence-corrected chi connectivity index (χ2v) is 8.89. The number of nitrogens with two attached hydrogens (primary N) is 1. The Bertz CT molecular complexity index is 1210. The zero-order valence-electron chi connectivity index (χ0n) is 16.0. The molecule has 0 aliphatic carbocycles. The van der Waals surface area contributed by atoms with E-state index in [4.69, 9.17) is 9.88 Å². The quantitative estimate of drug-likeness (QED) is 0.568. The van der Waals surface area contributed by atoms with Crippen LogP contribution in [0.1, 0.15) is 20.7 Å². The number of hydrogen-bond acceptors (Lipinski definition) is 9. The van der Waals surface area contributed by atoms with Crippen molar-refractivity contribution in [3.63, 3.8) is 0 Å². The van der Waals surface area contributed by atoms with Crippen LogP contribution in [0.5, 0.6) is 5.75 Å². The van der Waals surface area contributed by atoms with Gasteiger partial charge in [-0.2, -0.15) is 0 Å². The number of primary sulfonamides is 1. The highest BCUT2D eigenvalue weighted by atomic mass is 32.2. The highest BCUT2D eigenvalue weighted by Gasteiger charge is 2.26. The van der Waals surface area contributed by atoms with Gasteiger partial charge in [0.15, 0.2) is 0 Å². The number of hydrogen-bond donors (Lipinski definition) is 2. The fraction of sp³-hybridized carbons (Fsp3) is 0.176. The van der Waals surface area contributed by atoms with Gasteiger partial charge in [0, 0.05) is 0 Å². The summed E-state index contributed by atoms with van der Waals surface area (Å²) in [6, 6.07) is 6.61. The SMILES string of the molecule is COC(=O)c1ccc(C(=O)OC)c(S(=O)(=O)Nc2ccc(OC)c(S(N)(=O)=O)c2)c1. The van der Waals surface area contributed by atoms with Crippen LogP contribution >= 0.6 is 0 Å². The lowest BCUT2D eigenvalue weighted by Crippen LogP contribution is -2.19. The summed E-state index contributed by atoms with van der Waals surface area (Å²) in [7, 11) is -5.33. The normalized spacial score (nSPS) is 11.5. The van der Waals surface area contributed by atoms with Crippen LogP contribution in [-0.2, 0) is 29.5 Å². The molecule has 0 radical (unpaired) electrons. The molecule has 0 aromatic heterocycles. The topological polar surface area (TPSA) is 168 Å². The van der Waals surface area contributed by atoms with Gasteiger partial charge >= 0.3 is 11.9 Å². The Morgan fingerprint density at radius 2 is 1.50 bits per heavy atom.